The van der Waals surface area contributed by atoms with Crippen LogP contribution in [-0.4, -0.2) is 23.2 Å². The normalized spacial score (nSPS) is 15.3. The molecule has 2 N–H and O–H groups in total. The van der Waals surface area contributed by atoms with Crippen molar-refractivity contribution >= 4 is 5.97 Å². The van der Waals surface area contributed by atoms with Crippen LogP contribution >= 0.6 is 0 Å². The second-order valence-corrected chi connectivity index (χ2v) is 4.45. The van der Waals surface area contributed by atoms with Crippen molar-refractivity contribution in [3.05, 3.63) is 0 Å². The summed E-state index contributed by atoms with van der Waals surface area (Å²) in [6.07, 6.45) is 3.78. The fourth-order valence-corrected chi connectivity index (χ4v) is 1.72. The minimum absolute atomic E-state index is 0.584. The smallest absolute Gasteiger partial charge is 0.323 e. The zero-order valence-electron chi connectivity index (χ0n) is 10.5. The van der Waals surface area contributed by atoms with Crippen molar-refractivity contribution < 1.29 is 9.90 Å². The van der Waals surface area contributed by atoms with Gasteiger partial charge in [-0.3, -0.25) is 4.79 Å². The first-order chi connectivity index (χ1) is 7.00. The first-order valence-corrected chi connectivity index (χ1v) is 5.98. The van der Waals surface area contributed by atoms with Gasteiger partial charge in [-0.2, -0.15) is 0 Å². The molecule has 0 heterocycles. The van der Waals surface area contributed by atoms with Gasteiger partial charge in [0.2, 0.25) is 0 Å². The Kier molecular flexibility index (Phi) is 6.57. The summed E-state index contributed by atoms with van der Waals surface area (Å²) in [6, 6.07) is 0. The minimum atomic E-state index is -0.753. The summed E-state index contributed by atoms with van der Waals surface area (Å²) in [7, 11) is 0. The highest BCUT2D eigenvalue weighted by Crippen LogP contribution is 2.14. The van der Waals surface area contributed by atoms with Crippen molar-refractivity contribution in [2.75, 3.05) is 6.54 Å². The van der Waals surface area contributed by atoms with Gasteiger partial charge in [-0.25, -0.2) is 0 Å². The van der Waals surface area contributed by atoms with E-state index < -0.39 is 11.5 Å². The molecule has 0 saturated carbocycles. The van der Waals surface area contributed by atoms with E-state index in [4.69, 9.17) is 5.11 Å². The molecule has 90 valence electrons. The largest absolute Gasteiger partial charge is 0.480 e. The molecule has 0 spiro atoms. The zero-order valence-corrected chi connectivity index (χ0v) is 10.5. The van der Waals surface area contributed by atoms with Gasteiger partial charge >= 0.3 is 5.97 Å². The predicted molar refractivity (Wildman–Crippen MR) is 63.0 cm³/mol. The van der Waals surface area contributed by atoms with E-state index in [9.17, 15) is 4.79 Å². The van der Waals surface area contributed by atoms with Gasteiger partial charge in [0.05, 0.1) is 0 Å². The van der Waals surface area contributed by atoms with Crippen LogP contribution in [0.25, 0.3) is 0 Å². The second kappa shape index (κ2) is 6.83. The Morgan fingerprint density at radius 1 is 1.33 bits per heavy atom. The fourth-order valence-electron chi connectivity index (χ4n) is 1.72. The Morgan fingerprint density at radius 2 is 1.87 bits per heavy atom. The van der Waals surface area contributed by atoms with E-state index in [1.165, 1.54) is 0 Å². The van der Waals surface area contributed by atoms with Crippen molar-refractivity contribution in [1.82, 2.24) is 5.32 Å². The summed E-state index contributed by atoms with van der Waals surface area (Å²) >= 11 is 0. The SMILES string of the molecule is CCCC(C)(NCC(CC)CC)C(=O)O. The predicted octanol–water partition coefficient (Wildman–Crippen LogP) is 2.66. The Balaban J connectivity index is 4.23. The van der Waals surface area contributed by atoms with Gasteiger partial charge < -0.3 is 10.4 Å². The first-order valence-electron chi connectivity index (χ1n) is 5.98. The van der Waals surface area contributed by atoms with Gasteiger partial charge in [0, 0.05) is 0 Å². The lowest BCUT2D eigenvalue weighted by Crippen LogP contribution is -2.50. The maximum atomic E-state index is 11.1. The highest BCUT2D eigenvalue weighted by molar-refractivity contribution is 5.78. The van der Waals surface area contributed by atoms with E-state index in [2.05, 4.69) is 19.2 Å². The molecule has 0 bridgehead atoms. The van der Waals surface area contributed by atoms with Gasteiger partial charge in [0.1, 0.15) is 5.54 Å². The minimum Gasteiger partial charge on any atom is -0.480 e. The number of hydrogen-bond donors (Lipinski definition) is 2. The van der Waals surface area contributed by atoms with Crippen LogP contribution in [0.2, 0.25) is 0 Å². The van der Waals surface area contributed by atoms with E-state index in [0.717, 1.165) is 25.8 Å². The summed E-state index contributed by atoms with van der Waals surface area (Å²) in [6.45, 7) is 8.89. The molecule has 0 rings (SSSR count). The van der Waals surface area contributed by atoms with Crippen LogP contribution < -0.4 is 5.32 Å². The van der Waals surface area contributed by atoms with Crippen LogP contribution in [0.4, 0.5) is 0 Å². The molecule has 0 radical (unpaired) electrons. The van der Waals surface area contributed by atoms with Gasteiger partial charge in [-0.15, -0.1) is 0 Å². The van der Waals surface area contributed by atoms with Crippen molar-refractivity contribution in [2.45, 2.75) is 58.9 Å². The van der Waals surface area contributed by atoms with Crippen LogP contribution in [0.15, 0.2) is 0 Å². The van der Waals surface area contributed by atoms with Gasteiger partial charge in [-0.1, -0.05) is 40.0 Å². The summed E-state index contributed by atoms with van der Waals surface area (Å²) in [5, 5.41) is 12.4. The molecular weight excluding hydrogens is 190 g/mol. The molecule has 0 aromatic heterocycles. The average Bonchev–Trinajstić information content (AvgIpc) is 2.19. The Hall–Kier alpha value is -0.570. The molecule has 0 aliphatic rings. The monoisotopic (exact) mass is 215 g/mol. The van der Waals surface area contributed by atoms with E-state index in [0.29, 0.717) is 12.3 Å². The molecule has 15 heavy (non-hydrogen) atoms. The zero-order chi connectivity index (χ0) is 11.9. The molecule has 0 aliphatic carbocycles. The van der Waals surface area contributed by atoms with Crippen molar-refractivity contribution in [3.8, 4) is 0 Å². The third-order valence-electron chi connectivity index (χ3n) is 3.16. The molecule has 0 saturated heterocycles. The maximum absolute atomic E-state index is 11.1. The molecule has 1 unspecified atom stereocenters. The Labute approximate surface area is 93.3 Å². The number of carboxylic acid groups (broad SMARTS) is 1. The number of aliphatic carboxylic acids is 1. The third-order valence-corrected chi connectivity index (χ3v) is 3.16. The van der Waals surface area contributed by atoms with Crippen molar-refractivity contribution in [1.29, 1.82) is 0 Å². The first kappa shape index (κ1) is 14.4. The topological polar surface area (TPSA) is 49.3 Å². The number of hydrogen-bond acceptors (Lipinski definition) is 2. The molecule has 0 fully saturated rings. The van der Waals surface area contributed by atoms with Crippen LogP contribution in [0.3, 0.4) is 0 Å². The summed E-state index contributed by atoms with van der Waals surface area (Å²) in [5.74, 6) is -0.157. The molecule has 1 atom stereocenters. The molecule has 3 nitrogen and oxygen atoms in total. The molecule has 0 aromatic rings. The third kappa shape index (κ3) is 4.65. The van der Waals surface area contributed by atoms with Gasteiger partial charge in [0.15, 0.2) is 0 Å². The highest BCUT2D eigenvalue weighted by Gasteiger charge is 2.31. The van der Waals surface area contributed by atoms with Crippen molar-refractivity contribution in [3.63, 3.8) is 0 Å². The molecule has 0 aromatic carbocycles. The number of rotatable bonds is 8. The van der Waals surface area contributed by atoms with Gasteiger partial charge in [-0.05, 0) is 25.8 Å². The van der Waals surface area contributed by atoms with Crippen LogP contribution in [0.5, 0.6) is 0 Å². The van der Waals surface area contributed by atoms with E-state index in [1.807, 2.05) is 6.92 Å². The number of nitrogens with one attached hydrogen (secondary N) is 1. The molecular formula is C12H25NO2. The van der Waals surface area contributed by atoms with Crippen molar-refractivity contribution in [2.24, 2.45) is 5.92 Å². The highest BCUT2D eigenvalue weighted by atomic mass is 16.4. The quantitative estimate of drug-likeness (QED) is 0.654. The van der Waals surface area contributed by atoms with Crippen LogP contribution in [-0.2, 0) is 4.79 Å². The molecule has 0 amide bonds. The lowest BCUT2D eigenvalue weighted by Gasteiger charge is -2.28. The van der Waals surface area contributed by atoms with E-state index in [1.54, 1.807) is 6.92 Å². The lowest BCUT2D eigenvalue weighted by atomic mass is 9.94. The maximum Gasteiger partial charge on any atom is 0.323 e. The fraction of sp³-hybridized carbons (Fsp3) is 0.917. The summed E-state index contributed by atoms with van der Waals surface area (Å²) in [4.78, 5) is 11.1. The summed E-state index contributed by atoms with van der Waals surface area (Å²) < 4.78 is 0. The molecule has 0 aliphatic heterocycles. The van der Waals surface area contributed by atoms with E-state index in [-0.39, 0.29) is 0 Å². The van der Waals surface area contributed by atoms with Gasteiger partial charge in [0.25, 0.3) is 0 Å². The number of carbonyl (C=O) groups is 1. The average molecular weight is 215 g/mol. The lowest BCUT2D eigenvalue weighted by molar-refractivity contribution is -0.144. The van der Waals surface area contributed by atoms with Crippen LogP contribution in [0.1, 0.15) is 53.4 Å². The van der Waals surface area contributed by atoms with E-state index >= 15 is 0 Å². The number of carboxylic acids is 1. The van der Waals surface area contributed by atoms with Crippen LogP contribution in [0, 0.1) is 5.92 Å². The summed E-state index contributed by atoms with van der Waals surface area (Å²) in [5.41, 5.74) is -0.753. The standard InChI is InChI=1S/C12H25NO2/c1-5-8-12(4,11(14)15)13-9-10(6-2)7-3/h10,13H,5-9H2,1-4H3,(H,14,15). The second-order valence-electron chi connectivity index (χ2n) is 4.45. The Morgan fingerprint density at radius 3 is 2.20 bits per heavy atom. The Bertz CT molecular complexity index is 190. The molecule has 3 heteroatoms.